The standard InChI is InChI=1S/C18H15ClN2O2/c1-12-6-7-13(11-20-12)18(22)9-8-14-10-17(21-23-14)15-4-2-3-5-16(15)19/h2-7,10-11H,8-9H2,1H3. The minimum atomic E-state index is 0.0354. The second-order valence-corrected chi connectivity index (χ2v) is 5.68. The summed E-state index contributed by atoms with van der Waals surface area (Å²) in [7, 11) is 0. The number of aromatic nitrogens is 2. The highest BCUT2D eigenvalue weighted by Crippen LogP contribution is 2.27. The Labute approximate surface area is 139 Å². The highest BCUT2D eigenvalue weighted by Gasteiger charge is 2.12. The van der Waals surface area contributed by atoms with Crippen molar-refractivity contribution < 1.29 is 9.32 Å². The first-order valence-corrected chi connectivity index (χ1v) is 7.67. The van der Waals surface area contributed by atoms with E-state index in [9.17, 15) is 4.79 Å². The van der Waals surface area contributed by atoms with Crippen molar-refractivity contribution in [2.45, 2.75) is 19.8 Å². The van der Waals surface area contributed by atoms with E-state index in [0.717, 1.165) is 11.3 Å². The van der Waals surface area contributed by atoms with Crippen molar-refractivity contribution in [3.05, 3.63) is 70.7 Å². The van der Waals surface area contributed by atoms with E-state index in [-0.39, 0.29) is 5.78 Å². The van der Waals surface area contributed by atoms with E-state index in [1.807, 2.05) is 37.3 Å². The molecule has 0 fully saturated rings. The van der Waals surface area contributed by atoms with Crippen LogP contribution in [0, 0.1) is 6.92 Å². The molecule has 0 bridgehead atoms. The van der Waals surface area contributed by atoms with Crippen LogP contribution >= 0.6 is 11.6 Å². The van der Waals surface area contributed by atoms with Crippen LogP contribution in [0.5, 0.6) is 0 Å². The number of benzene rings is 1. The summed E-state index contributed by atoms with van der Waals surface area (Å²) in [6.45, 7) is 1.89. The van der Waals surface area contributed by atoms with Gasteiger partial charge in [-0.15, -0.1) is 0 Å². The molecule has 3 aromatic rings. The van der Waals surface area contributed by atoms with Crippen LogP contribution in [-0.4, -0.2) is 15.9 Å². The van der Waals surface area contributed by atoms with Gasteiger partial charge in [0, 0.05) is 41.9 Å². The van der Waals surface area contributed by atoms with Gasteiger partial charge >= 0.3 is 0 Å². The highest BCUT2D eigenvalue weighted by atomic mass is 35.5. The maximum atomic E-state index is 12.1. The molecular weight excluding hydrogens is 312 g/mol. The van der Waals surface area contributed by atoms with Crippen molar-refractivity contribution in [2.24, 2.45) is 0 Å². The highest BCUT2D eigenvalue weighted by molar-refractivity contribution is 6.33. The summed E-state index contributed by atoms with van der Waals surface area (Å²) < 4.78 is 5.30. The molecule has 0 aliphatic heterocycles. The van der Waals surface area contributed by atoms with E-state index in [1.165, 1.54) is 0 Å². The molecule has 0 atom stereocenters. The molecule has 1 aromatic carbocycles. The van der Waals surface area contributed by atoms with Crippen LogP contribution in [0.1, 0.15) is 28.2 Å². The van der Waals surface area contributed by atoms with Gasteiger partial charge in [0.25, 0.3) is 0 Å². The SMILES string of the molecule is Cc1ccc(C(=O)CCc2cc(-c3ccccc3Cl)no2)cn1. The van der Waals surface area contributed by atoms with Crippen LogP contribution in [0.2, 0.25) is 5.02 Å². The Morgan fingerprint density at radius 3 is 2.78 bits per heavy atom. The van der Waals surface area contributed by atoms with Gasteiger partial charge in [-0.2, -0.15) is 0 Å². The minimum absolute atomic E-state index is 0.0354. The number of pyridine rings is 1. The van der Waals surface area contributed by atoms with Crippen molar-refractivity contribution in [3.63, 3.8) is 0 Å². The number of nitrogens with zero attached hydrogens (tertiary/aromatic N) is 2. The third kappa shape index (κ3) is 3.66. The van der Waals surface area contributed by atoms with E-state index < -0.39 is 0 Å². The Bertz CT molecular complexity index is 825. The van der Waals surface area contributed by atoms with Gasteiger partial charge in [-0.05, 0) is 25.1 Å². The molecule has 0 amide bonds. The largest absolute Gasteiger partial charge is 0.361 e. The number of Topliss-reactive ketones (excluding diaryl/α,β-unsaturated/α-hetero) is 1. The van der Waals surface area contributed by atoms with Crippen LogP contribution in [0.3, 0.4) is 0 Å². The molecule has 0 unspecified atom stereocenters. The maximum Gasteiger partial charge on any atom is 0.164 e. The summed E-state index contributed by atoms with van der Waals surface area (Å²) in [5.41, 5.74) is 3.00. The average molecular weight is 327 g/mol. The molecule has 0 aliphatic carbocycles. The van der Waals surface area contributed by atoms with Gasteiger partial charge in [0.15, 0.2) is 5.78 Å². The van der Waals surface area contributed by atoms with Crippen LogP contribution < -0.4 is 0 Å². The molecule has 0 spiro atoms. The lowest BCUT2D eigenvalue weighted by atomic mass is 10.1. The number of rotatable bonds is 5. The lowest BCUT2D eigenvalue weighted by molar-refractivity contribution is 0.0980. The Balaban J connectivity index is 1.67. The first kappa shape index (κ1) is 15.4. The predicted molar refractivity (Wildman–Crippen MR) is 88.6 cm³/mol. The molecule has 0 radical (unpaired) electrons. The van der Waals surface area contributed by atoms with Crippen LogP contribution in [0.4, 0.5) is 0 Å². The zero-order chi connectivity index (χ0) is 16.2. The smallest absolute Gasteiger partial charge is 0.164 e. The summed E-state index contributed by atoms with van der Waals surface area (Å²) in [6.07, 6.45) is 2.44. The lowest BCUT2D eigenvalue weighted by Gasteiger charge is -1.99. The zero-order valence-corrected chi connectivity index (χ0v) is 13.4. The Morgan fingerprint density at radius 2 is 2.04 bits per heavy atom. The number of carbonyl (C=O) groups is 1. The second kappa shape index (κ2) is 6.75. The van der Waals surface area contributed by atoms with Crippen LogP contribution in [0.15, 0.2) is 53.2 Å². The monoisotopic (exact) mass is 326 g/mol. The first-order valence-electron chi connectivity index (χ1n) is 7.30. The number of ketones is 1. The van der Waals surface area contributed by atoms with E-state index in [0.29, 0.717) is 34.9 Å². The fourth-order valence-electron chi connectivity index (χ4n) is 2.24. The topological polar surface area (TPSA) is 56.0 Å². The number of halogens is 1. The van der Waals surface area contributed by atoms with E-state index in [4.69, 9.17) is 16.1 Å². The molecule has 0 saturated carbocycles. The van der Waals surface area contributed by atoms with E-state index >= 15 is 0 Å². The van der Waals surface area contributed by atoms with Gasteiger partial charge in [0.05, 0.1) is 5.02 Å². The van der Waals surface area contributed by atoms with Gasteiger partial charge in [-0.3, -0.25) is 9.78 Å². The summed E-state index contributed by atoms with van der Waals surface area (Å²) in [4.78, 5) is 16.3. The molecule has 4 nitrogen and oxygen atoms in total. The summed E-state index contributed by atoms with van der Waals surface area (Å²) >= 11 is 6.15. The Morgan fingerprint density at radius 1 is 1.22 bits per heavy atom. The second-order valence-electron chi connectivity index (χ2n) is 5.27. The summed E-state index contributed by atoms with van der Waals surface area (Å²) in [6, 6.07) is 12.9. The maximum absolute atomic E-state index is 12.1. The molecule has 23 heavy (non-hydrogen) atoms. The average Bonchev–Trinajstić information content (AvgIpc) is 3.02. The fourth-order valence-corrected chi connectivity index (χ4v) is 2.47. The quantitative estimate of drug-likeness (QED) is 0.647. The van der Waals surface area contributed by atoms with Gasteiger partial charge in [0.2, 0.25) is 0 Å². The molecule has 0 aliphatic rings. The van der Waals surface area contributed by atoms with Crippen molar-refractivity contribution >= 4 is 17.4 Å². The molecule has 2 heterocycles. The molecule has 0 N–H and O–H groups in total. The van der Waals surface area contributed by atoms with Gasteiger partial charge in [-0.25, -0.2) is 0 Å². The Kier molecular flexibility index (Phi) is 4.53. The summed E-state index contributed by atoms with van der Waals surface area (Å²) in [5.74, 6) is 0.696. The zero-order valence-electron chi connectivity index (χ0n) is 12.6. The van der Waals surface area contributed by atoms with Crippen LogP contribution in [-0.2, 0) is 6.42 Å². The van der Waals surface area contributed by atoms with Gasteiger partial charge < -0.3 is 4.52 Å². The molecule has 5 heteroatoms. The number of carbonyl (C=O) groups excluding carboxylic acids is 1. The molecular formula is C18H15ClN2O2. The van der Waals surface area contributed by atoms with Crippen molar-refractivity contribution in [1.82, 2.24) is 10.1 Å². The molecule has 2 aromatic heterocycles. The van der Waals surface area contributed by atoms with Crippen molar-refractivity contribution in [1.29, 1.82) is 0 Å². The predicted octanol–water partition coefficient (Wildman–Crippen LogP) is 4.51. The lowest BCUT2D eigenvalue weighted by Crippen LogP contribution is -2.01. The molecule has 0 saturated heterocycles. The van der Waals surface area contributed by atoms with Gasteiger partial charge in [0.1, 0.15) is 11.5 Å². The first-order chi connectivity index (χ1) is 11.1. The minimum Gasteiger partial charge on any atom is -0.361 e. The van der Waals surface area contributed by atoms with E-state index in [2.05, 4.69) is 10.1 Å². The van der Waals surface area contributed by atoms with Gasteiger partial charge in [-0.1, -0.05) is 35.0 Å². The van der Waals surface area contributed by atoms with E-state index in [1.54, 1.807) is 18.3 Å². The number of aryl methyl sites for hydroxylation is 2. The molecule has 116 valence electrons. The van der Waals surface area contributed by atoms with Crippen molar-refractivity contribution in [3.8, 4) is 11.3 Å². The van der Waals surface area contributed by atoms with Crippen LogP contribution in [0.25, 0.3) is 11.3 Å². The Hall–Kier alpha value is -2.46. The number of hydrogen-bond acceptors (Lipinski definition) is 4. The summed E-state index contributed by atoms with van der Waals surface area (Å²) in [5, 5.41) is 4.65. The third-order valence-electron chi connectivity index (χ3n) is 3.54. The number of hydrogen-bond donors (Lipinski definition) is 0. The molecule has 3 rings (SSSR count). The normalized spacial score (nSPS) is 10.7. The third-order valence-corrected chi connectivity index (χ3v) is 3.87. The van der Waals surface area contributed by atoms with Crippen molar-refractivity contribution in [2.75, 3.05) is 0 Å². The fraction of sp³-hybridized carbons (Fsp3) is 0.167.